The van der Waals surface area contributed by atoms with E-state index in [1.165, 1.54) is 86.2 Å². The predicted molar refractivity (Wildman–Crippen MR) is 216 cm³/mol. The third kappa shape index (κ3) is 4.81. The van der Waals surface area contributed by atoms with Crippen molar-refractivity contribution in [1.29, 1.82) is 0 Å². The van der Waals surface area contributed by atoms with E-state index in [0.29, 0.717) is 11.8 Å². The van der Waals surface area contributed by atoms with Crippen LogP contribution in [0.1, 0.15) is 62.6 Å². The second-order valence-electron chi connectivity index (χ2n) is 15.9. The van der Waals surface area contributed by atoms with Crippen LogP contribution in [0.25, 0.3) is 39.6 Å². The highest BCUT2D eigenvalue weighted by molar-refractivity contribution is 5.97. The number of allylic oxidation sites excluding steroid dienone is 2. The highest BCUT2D eigenvalue weighted by Gasteiger charge is 2.57. The van der Waals surface area contributed by atoms with E-state index in [2.05, 4.69) is 170 Å². The van der Waals surface area contributed by atoms with Crippen LogP contribution in [0, 0.1) is 23.7 Å². The quantitative estimate of drug-likeness (QED) is 0.182. The lowest BCUT2D eigenvalue weighted by atomic mass is 9.49. The zero-order valence-corrected chi connectivity index (χ0v) is 29.7. The van der Waals surface area contributed by atoms with E-state index in [1.807, 2.05) is 0 Å². The fourth-order valence-corrected chi connectivity index (χ4v) is 11.0. The predicted octanol–water partition coefficient (Wildman–Crippen LogP) is 11.7. The van der Waals surface area contributed by atoms with Crippen LogP contribution in [0.4, 0.5) is 17.1 Å². The molecule has 1 nitrogen and oxygen atoms in total. The molecule has 2 fully saturated rings. The summed E-state index contributed by atoms with van der Waals surface area (Å²) < 4.78 is 0. The summed E-state index contributed by atoms with van der Waals surface area (Å²) in [5.74, 6) is 2.93. The van der Waals surface area contributed by atoms with Crippen LogP contribution in [0.5, 0.6) is 0 Å². The number of fused-ring (bicyclic) bond motifs is 10. The maximum atomic E-state index is 2.57. The zero-order valence-electron chi connectivity index (χ0n) is 29.7. The molecule has 2 saturated carbocycles. The van der Waals surface area contributed by atoms with Crippen molar-refractivity contribution in [1.82, 2.24) is 0 Å². The maximum absolute atomic E-state index is 2.57. The van der Waals surface area contributed by atoms with Crippen molar-refractivity contribution in [2.24, 2.45) is 23.7 Å². The van der Waals surface area contributed by atoms with E-state index in [9.17, 15) is 0 Å². The van der Waals surface area contributed by atoms with E-state index >= 15 is 0 Å². The number of anilines is 3. The zero-order chi connectivity index (χ0) is 34.1. The average Bonchev–Trinajstić information content (AvgIpc) is 3.29. The molecule has 0 aliphatic heterocycles. The van der Waals surface area contributed by atoms with Gasteiger partial charge in [-0.05, 0) is 135 Å². The minimum atomic E-state index is 0.0581. The first-order valence-corrected chi connectivity index (χ1v) is 19.2. The van der Waals surface area contributed by atoms with Gasteiger partial charge in [-0.3, -0.25) is 0 Å². The lowest BCUT2D eigenvalue weighted by Gasteiger charge is -2.54. The molecule has 6 aromatic rings. The maximum Gasteiger partial charge on any atom is 0.0543 e. The Morgan fingerprint density at radius 1 is 0.588 bits per heavy atom. The number of benzene rings is 6. The molecule has 6 aromatic carbocycles. The Kier molecular flexibility index (Phi) is 7.21. The highest BCUT2D eigenvalue weighted by Crippen LogP contribution is 2.66. The van der Waals surface area contributed by atoms with E-state index in [1.54, 1.807) is 11.1 Å². The molecular formula is C50H45N. The summed E-state index contributed by atoms with van der Waals surface area (Å²) in [5, 5.41) is 5.13. The van der Waals surface area contributed by atoms with E-state index < -0.39 is 0 Å². The van der Waals surface area contributed by atoms with Crippen molar-refractivity contribution >= 4 is 45.6 Å². The molecule has 0 radical (unpaired) electrons. The monoisotopic (exact) mass is 659 g/mol. The van der Waals surface area contributed by atoms with Crippen molar-refractivity contribution in [3.63, 3.8) is 0 Å². The van der Waals surface area contributed by atoms with Crippen LogP contribution in [0.15, 0.2) is 140 Å². The molecule has 4 aliphatic carbocycles. The van der Waals surface area contributed by atoms with Gasteiger partial charge < -0.3 is 4.90 Å². The van der Waals surface area contributed by atoms with Crippen LogP contribution in [-0.2, 0) is 5.41 Å². The number of nitrogens with zero attached hydrogens (tertiary/aromatic N) is 1. The Hall–Kier alpha value is -5.14. The molecule has 0 N–H and O–H groups in total. The first kappa shape index (κ1) is 30.7. The summed E-state index contributed by atoms with van der Waals surface area (Å²) in [4.78, 5) is 2.54. The van der Waals surface area contributed by atoms with Crippen molar-refractivity contribution in [3.05, 3.63) is 167 Å². The lowest BCUT2D eigenvalue weighted by molar-refractivity contribution is 0.0426. The number of rotatable bonds is 4. The Labute approximate surface area is 302 Å². The molecular weight excluding hydrogens is 615 g/mol. The summed E-state index contributed by atoms with van der Waals surface area (Å²) in [7, 11) is 0. The summed E-state index contributed by atoms with van der Waals surface area (Å²) in [6.07, 6.45) is 13.3. The Morgan fingerprint density at radius 3 is 2.22 bits per heavy atom. The summed E-state index contributed by atoms with van der Waals surface area (Å²) in [6, 6.07) is 50.5. The molecule has 5 unspecified atom stereocenters. The fourth-order valence-electron chi connectivity index (χ4n) is 11.0. The van der Waals surface area contributed by atoms with Crippen LogP contribution >= 0.6 is 0 Å². The molecule has 250 valence electrons. The van der Waals surface area contributed by atoms with Gasteiger partial charge in [0.2, 0.25) is 0 Å². The topological polar surface area (TPSA) is 3.24 Å². The Balaban J connectivity index is 1.15. The molecule has 0 aromatic heterocycles. The molecule has 0 heterocycles. The SMILES string of the molecule is CC1CC2CC(C)C3(c4ccccc4-c4c(N(c5ccc(C6=CC=c7ccccc7=CC6)cc5)c5ccc6ccccc6c5)cccc43)C(C1)C2. The van der Waals surface area contributed by atoms with Gasteiger partial charge in [0.15, 0.2) is 0 Å². The van der Waals surface area contributed by atoms with Crippen molar-refractivity contribution < 1.29 is 0 Å². The van der Waals surface area contributed by atoms with Gasteiger partial charge in [0.1, 0.15) is 0 Å². The summed E-state index contributed by atoms with van der Waals surface area (Å²) in [5.41, 5.74) is 12.3. The first-order valence-electron chi connectivity index (χ1n) is 19.2. The van der Waals surface area contributed by atoms with Crippen LogP contribution in [0.3, 0.4) is 0 Å². The second-order valence-corrected chi connectivity index (χ2v) is 15.9. The average molecular weight is 660 g/mol. The number of hydrogen-bond acceptors (Lipinski definition) is 1. The third-order valence-electron chi connectivity index (χ3n) is 13.0. The third-order valence-corrected chi connectivity index (χ3v) is 13.0. The lowest BCUT2D eigenvalue weighted by Crippen LogP contribution is -2.49. The van der Waals surface area contributed by atoms with Gasteiger partial charge in [-0.15, -0.1) is 0 Å². The smallest absolute Gasteiger partial charge is 0.0543 e. The normalized spacial score (nSPS) is 24.4. The molecule has 2 bridgehead atoms. The highest BCUT2D eigenvalue weighted by atomic mass is 15.1. The summed E-state index contributed by atoms with van der Waals surface area (Å²) in [6.45, 7) is 5.08. The van der Waals surface area contributed by atoms with Gasteiger partial charge in [0.05, 0.1) is 5.69 Å². The largest absolute Gasteiger partial charge is 0.310 e. The Morgan fingerprint density at radius 2 is 1.33 bits per heavy atom. The molecule has 0 amide bonds. The van der Waals surface area contributed by atoms with Crippen LogP contribution in [0.2, 0.25) is 0 Å². The van der Waals surface area contributed by atoms with E-state index in [4.69, 9.17) is 0 Å². The van der Waals surface area contributed by atoms with Gasteiger partial charge >= 0.3 is 0 Å². The van der Waals surface area contributed by atoms with Crippen LogP contribution < -0.4 is 15.3 Å². The number of hydrogen-bond donors (Lipinski definition) is 0. The molecule has 0 saturated heterocycles. The first-order chi connectivity index (χ1) is 25.1. The van der Waals surface area contributed by atoms with E-state index in [-0.39, 0.29) is 5.41 Å². The van der Waals surface area contributed by atoms with Gasteiger partial charge in [-0.25, -0.2) is 0 Å². The molecule has 5 atom stereocenters. The van der Waals surface area contributed by atoms with Crippen molar-refractivity contribution in [2.75, 3.05) is 4.90 Å². The minimum absolute atomic E-state index is 0.0581. The second kappa shape index (κ2) is 12.0. The van der Waals surface area contributed by atoms with Crippen molar-refractivity contribution in [2.45, 2.75) is 51.4 Å². The molecule has 10 rings (SSSR count). The van der Waals surface area contributed by atoms with Crippen molar-refractivity contribution in [3.8, 4) is 11.1 Å². The Bertz CT molecular complexity index is 2460. The fraction of sp³-hybridized carbons (Fsp3) is 0.240. The minimum Gasteiger partial charge on any atom is -0.310 e. The summed E-state index contributed by atoms with van der Waals surface area (Å²) >= 11 is 0. The van der Waals surface area contributed by atoms with Gasteiger partial charge in [-0.1, -0.05) is 135 Å². The molecule has 1 heteroatoms. The molecule has 51 heavy (non-hydrogen) atoms. The molecule has 4 aliphatic rings. The van der Waals surface area contributed by atoms with Gasteiger partial charge in [0.25, 0.3) is 0 Å². The van der Waals surface area contributed by atoms with Gasteiger partial charge in [-0.2, -0.15) is 0 Å². The standard InChI is InChI=1S/C50H45N/c1-33-28-35-30-34(2)50(42(29-33)31-35)46-15-8-7-14-45(46)49-47(50)16-9-17-48(49)51(44-27-24-38-12-5-6-13-41(38)32-44)43-25-22-40(23-26-43)39-20-18-36-10-3-4-11-37(36)19-21-39/h3-20,22-27,32-35,42H,21,28-31H2,1-2H3. The van der Waals surface area contributed by atoms with E-state index in [0.717, 1.165) is 18.3 Å². The van der Waals surface area contributed by atoms with Crippen LogP contribution in [-0.4, -0.2) is 0 Å². The van der Waals surface area contributed by atoms with Gasteiger partial charge in [0, 0.05) is 22.4 Å². The molecule has 1 spiro atoms.